The summed E-state index contributed by atoms with van der Waals surface area (Å²) in [6, 6.07) is 13.1. The van der Waals surface area contributed by atoms with E-state index in [0.29, 0.717) is 17.3 Å². The molecule has 1 N–H and O–H groups in total. The molecule has 0 saturated heterocycles. The average molecular weight is 268 g/mol. The van der Waals surface area contributed by atoms with Crippen LogP contribution in [0.1, 0.15) is 17.2 Å². The highest BCUT2D eigenvalue weighted by molar-refractivity contribution is 5.61. The minimum absolute atomic E-state index is 0.250. The van der Waals surface area contributed by atoms with E-state index in [-0.39, 0.29) is 6.79 Å². The molecule has 4 heteroatoms. The summed E-state index contributed by atoms with van der Waals surface area (Å²) < 4.78 is 16.3. The molecule has 2 aliphatic rings. The highest BCUT2D eigenvalue weighted by Gasteiger charge is 2.27. The second-order valence-corrected chi connectivity index (χ2v) is 4.70. The lowest BCUT2D eigenvalue weighted by molar-refractivity contribution is 0.174. The molecule has 0 saturated carbocycles. The van der Waals surface area contributed by atoms with Crippen molar-refractivity contribution in [2.24, 2.45) is 0 Å². The van der Waals surface area contributed by atoms with Gasteiger partial charge in [0.15, 0.2) is 11.5 Å². The molecular formula is C16H12O4. The summed E-state index contributed by atoms with van der Waals surface area (Å²) in [5.74, 6) is 2.67. The fraction of sp³-hybridized carbons (Fsp3) is 0.125. The zero-order valence-corrected chi connectivity index (χ0v) is 10.6. The highest BCUT2D eigenvalue weighted by atomic mass is 16.7. The van der Waals surface area contributed by atoms with E-state index in [1.54, 1.807) is 0 Å². The van der Waals surface area contributed by atoms with Crippen LogP contribution in [-0.2, 0) is 0 Å². The molecule has 2 aromatic rings. The molecule has 1 atom stereocenters. The van der Waals surface area contributed by atoms with Crippen LogP contribution in [0, 0.1) is 0 Å². The van der Waals surface area contributed by atoms with Gasteiger partial charge in [0, 0.05) is 5.56 Å². The Morgan fingerprint density at radius 2 is 1.85 bits per heavy atom. The van der Waals surface area contributed by atoms with Gasteiger partial charge in [0.25, 0.3) is 0 Å². The Bertz CT molecular complexity index is 705. The maximum atomic E-state index is 10.2. The van der Waals surface area contributed by atoms with Crippen LogP contribution in [0.5, 0.6) is 17.2 Å². The van der Waals surface area contributed by atoms with E-state index in [4.69, 9.17) is 14.2 Å². The van der Waals surface area contributed by atoms with E-state index in [9.17, 15) is 5.11 Å². The molecule has 4 rings (SSSR count). The molecule has 0 aromatic heterocycles. The van der Waals surface area contributed by atoms with Crippen LogP contribution in [-0.4, -0.2) is 11.9 Å². The third-order valence-electron chi connectivity index (χ3n) is 3.42. The molecule has 2 aliphatic heterocycles. The van der Waals surface area contributed by atoms with Crippen molar-refractivity contribution in [2.45, 2.75) is 6.10 Å². The molecule has 100 valence electrons. The largest absolute Gasteiger partial charge is 0.458 e. The summed E-state index contributed by atoms with van der Waals surface area (Å²) in [4.78, 5) is 0. The van der Waals surface area contributed by atoms with Gasteiger partial charge in [-0.3, -0.25) is 0 Å². The van der Waals surface area contributed by atoms with E-state index in [2.05, 4.69) is 0 Å². The van der Waals surface area contributed by atoms with E-state index in [1.165, 1.54) is 0 Å². The number of ether oxygens (including phenoxy) is 3. The van der Waals surface area contributed by atoms with Gasteiger partial charge in [-0.2, -0.15) is 0 Å². The summed E-state index contributed by atoms with van der Waals surface area (Å²) >= 11 is 0. The number of benzene rings is 2. The van der Waals surface area contributed by atoms with Crippen LogP contribution in [0.25, 0.3) is 6.08 Å². The van der Waals surface area contributed by atoms with Gasteiger partial charge in [-0.25, -0.2) is 0 Å². The Kier molecular flexibility index (Phi) is 2.44. The van der Waals surface area contributed by atoms with E-state index in [1.807, 2.05) is 48.5 Å². The van der Waals surface area contributed by atoms with Gasteiger partial charge in [0.1, 0.15) is 17.6 Å². The van der Waals surface area contributed by atoms with Crippen molar-refractivity contribution < 1.29 is 19.3 Å². The number of aliphatic hydroxyl groups is 1. The lowest BCUT2D eigenvalue weighted by atomic mass is 10.1. The number of rotatable bonds is 1. The standard InChI is InChI=1S/C16H12O4/c17-16-11-3-1-2-4-12(11)20-15(16)8-10-5-6-13-14(7-10)19-9-18-13/h1-8,16-17H,9H2. The topological polar surface area (TPSA) is 47.9 Å². The fourth-order valence-corrected chi connectivity index (χ4v) is 2.41. The Labute approximate surface area is 115 Å². The number of para-hydroxylation sites is 1. The first kappa shape index (κ1) is 11.4. The fourth-order valence-electron chi connectivity index (χ4n) is 2.41. The number of hydrogen-bond donors (Lipinski definition) is 1. The molecule has 1 unspecified atom stereocenters. The van der Waals surface area contributed by atoms with Crippen molar-refractivity contribution in [3.63, 3.8) is 0 Å². The lowest BCUT2D eigenvalue weighted by Crippen LogP contribution is -1.96. The van der Waals surface area contributed by atoms with Crippen LogP contribution >= 0.6 is 0 Å². The zero-order chi connectivity index (χ0) is 13.5. The second-order valence-electron chi connectivity index (χ2n) is 4.70. The molecule has 0 spiro atoms. The third-order valence-corrected chi connectivity index (χ3v) is 3.42. The van der Waals surface area contributed by atoms with E-state index in [0.717, 1.165) is 16.9 Å². The normalized spacial score (nSPS) is 20.9. The molecule has 0 amide bonds. The summed E-state index contributed by atoms with van der Waals surface area (Å²) in [7, 11) is 0. The molecule has 20 heavy (non-hydrogen) atoms. The molecule has 2 heterocycles. The van der Waals surface area contributed by atoms with Gasteiger partial charge in [-0.15, -0.1) is 0 Å². The number of aliphatic hydroxyl groups excluding tert-OH is 1. The Morgan fingerprint density at radius 3 is 2.75 bits per heavy atom. The van der Waals surface area contributed by atoms with Crippen molar-refractivity contribution >= 4 is 6.08 Å². The van der Waals surface area contributed by atoms with Gasteiger partial charge >= 0.3 is 0 Å². The second kappa shape index (κ2) is 4.28. The van der Waals surface area contributed by atoms with Crippen LogP contribution < -0.4 is 14.2 Å². The van der Waals surface area contributed by atoms with Gasteiger partial charge in [-0.05, 0) is 29.8 Å². The molecule has 2 aromatic carbocycles. The van der Waals surface area contributed by atoms with Crippen molar-refractivity contribution in [3.05, 3.63) is 59.4 Å². The smallest absolute Gasteiger partial charge is 0.231 e. The quantitative estimate of drug-likeness (QED) is 0.864. The van der Waals surface area contributed by atoms with Crippen molar-refractivity contribution in [3.8, 4) is 17.2 Å². The summed E-state index contributed by atoms with van der Waals surface area (Å²) in [6.45, 7) is 0.250. The Hall–Kier alpha value is -2.46. The van der Waals surface area contributed by atoms with Gasteiger partial charge in [-0.1, -0.05) is 24.3 Å². The summed E-state index contributed by atoms with van der Waals surface area (Å²) in [5.41, 5.74) is 1.69. The SMILES string of the molecule is OC1C(=Cc2ccc3c(c2)OCO3)Oc2ccccc21. The monoisotopic (exact) mass is 268 g/mol. The van der Waals surface area contributed by atoms with Crippen molar-refractivity contribution in [2.75, 3.05) is 6.79 Å². The Morgan fingerprint density at radius 1 is 1.00 bits per heavy atom. The zero-order valence-electron chi connectivity index (χ0n) is 10.6. The predicted molar refractivity (Wildman–Crippen MR) is 72.6 cm³/mol. The third kappa shape index (κ3) is 1.73. The minimum Gasteiger partial charge on any atom is -0.458 e. The number of fused-ring (bicyclic) bond motifs is 2. The van der Waals surface area contributed by atoms with Crippen LogP contribution in [0.2, 0.25) is 0 Å². The molecular weight excluding hydrogens is 256 g/mol. The van der Waals surface area contributed by atoms with Crippen LogP contribution in [0.15, 0.2) is 48.2 Å². The summed E-state index contributed by atoms with van der Waals surface area (Å²) in [5, 5.41) is 10.2. The van der Waals surface area contributed by atoms with Crippen molar-refractivity contribution in [1.82, 2.24) is 0 Å². The van der Waals surface area contributed by atoms with Crippen LogP contribution in [0.3, 0.4) is 0 Å². The number of hydrogen-bond acceptors (Lipinski definition) is 4. The first-order chi connectivity index (χ1) is 9.81. The maximum absolute atomic E-state index is 10.2. The van der Waals surface area contributed by atoms with E-state index < -0.39 is 6.10 Å². The Balaban J connectivity index is 1.69. The molecule has 0 aliphatic carbocycles. The lowest BCUT2D eigenvalue weighted by Gasteiger charge is -2.04. The first-order valence-corrected chi connectivity index (χ1v) is 6.37. The van der Waals surface area contributed by atoms with Crippen LogP contribution in [0.4, 0.5) is 0 Å². The van der Waals surface area contributed by atoms with Gasteiger partial charge in [0.2, 0.25) is 6.79 Å². The highest BCUT2D eigenvalue weighted by Crippen LogP contribution is 2.40. The van der Waals surface area contributed by atoms with Gasteiger partial charge < -0.3 is 19.3 Å². The molecule has 4 nitrogen and oxygen atoms in total. The average Bonchev–Trinajstić information content (AvgIpc) is 3.05. The predicted octanol–water partition coefficient (Wildman–Crippen LogP) is 2.88. The molecule has 0 fully saturated rings. The summed E-state index contributed by atoms with van der Waals surface area (Å²) in [6.07, 6.45) is 1.09. The first-order valence-electron chi connectivity index (χ1n) is 6.37. The minimum atomic E-state index is -0.725. The molecule has 0 bridgehead atoms. The van der Waals surface area contributed by atoms with E-state index >= 15 is 0 Å². The maximum Gasteiger partial charge on any atom is 0.231 e. The molecule has 0 radical (unpaired) electrons. The van der Waals surface area contributed by atoms with Crippen molar-refractivity contribution in [1.29, 1.82) is 0 Å². The van der Waals surface area contributed by atoms with Gasteiger partial charge in [0.05, 0.1) is 0 Å².